The summed E-state index contributed by atoms with van der Waals surface area (Å²) in [7, 11) is 0. The lowest BCUT2D eigenvalue weighted by Crippen LogP contribution is -2.19. The first-order valence-electron chi connectivity index (χ1n) is 4.78. The summed E-state index contributed by atoms with van der Waals surface area (Å²) in [4.78, 5) is 28.1. The first-order valence-corrected chi connectivity index (χ1v) is 4.78. The van der Waals surface area contributed by atoms with Crippen LogP contribution in [0, 0.1) is 0 Å². The van der Waals surface area contributed by atoms with Crippen molar-refractivity contribution in [1.29, 1.82) is 0 Å². The van der Waals surface area contributed by atoms with Crippen LogP contribution in [-0.4, -0.2) is 21.0 Å². The van der Waals surface area contributed by atoms with Gasteiger partial charge in [-0.15, -0.1) is 0 Å². The molecule has 0 bridgehead atoms. The van der Waals surface area contributed by atoms with Crippen molar-refractivity contribution in [3.8, 4) is 11.3 Å². The van der Waals surface area contributed by atoms with Crippen LogP contribution in [0.4, 0.5) is 5.82 Å². The van der Waals surface area contributed by atoms with E-state index in [1.54, 1.807) is 30.3 Å². The van der Waals surface area contributed by atoms with E-state index in [2.05, 4.69) is 9.97 Å². The summed E-state index contributed by atoms with van der Waals surface area (Å²) < 4.78 is 0. The number of rotatable bonds is 2. The molecule has 0 aliphatic rings. The van der Waals surface area contributed by atoms with Crippen LogP contribution in [0.1, 0.15) is 10.4 Å². The van der Waals surface area contributed by atoms with Gasteiger partial charge in [-0.05, 0) is 5.56 Å². The van der Waals surface area contributed by atoms with E-state index in [-0.39, 0.29) is 17.1 Å². The number of benzene rings is 1. The van der Waals surface area contributed by atoms with Gasteiger partial charge in [0.1, 0.15) is 11.4 Å². The topological polar surface area (TPSA) is 109 Å². The lowest BCUT2D eigenvalue weighted by atomic mass is 10.1. The average Bonchev–Trinajstić information content (AvgIpc) is 2.28. The van der Waals surface area contributed by atoms with Gasteiger partial charge in [0.15, 0.2) is 0 Å². The molecule has 86 valence electrons. The van der Waals surface area contributed by atoms with Crippen LogP contribution < -0.4 is 11.4 Å². The number of aromatic nitrogens is 2. The molecule has 1 aromatic heterocycles. The number of nitrogen functional groups attached to an aromatic ring is 1. The number of hydrogen-bond donors (Lipinski definition) is 3. The van der Waals surface area contributed by atoms with Crippen molar-refractivity contribution >= 4 is 11.8 Å². The number of H-pyrrole nitrogens is 1. The molecule has 0 amide bonds. The summed E-state index contributed by atoms with van der Waals surface area (Å²) in [5.74, 6) is -1.52. The minimum atomic E-state index is -1.23. The van der Waals surface area contributed by atoms with Gasteiger partial charge in [0, 0.05) is 0 Å². The molecule has 6 nitrogen and oxygen atoms in total. The van der Waals surface area contributed by atoms with Crippen molar-refractivity contribution in [2.24, 2.45) is 0 Å². The van der Waals surface area contributed by atoms with Crippen LogP contribution in [0.3, 0.4) is 0 Å². The Kier molecular flexibility index (Phi) is 2.61. The number of carboxylic acid groups (broad SMARTS) is 1. The Hall–Kier alpha value is -2.63. The van der Waals surface area contributed by atoms with Gasteiger partial charge in [-0.25, -0.2) is 9.59 Å². The Morgan fingerprint density at radius 3 is 2.53 bits per heavy atom. The SMILES string of the molecule is Nc1nc(=O)[nH]c(-c2ccccc2)c1C(=O)O. The fourth-order valence-corrected chi connectivity index (χ4v) is 1.53. The fraction of sp³-hybridized carbons (Fsp3) is 0. The largest absolute Gasteiger partial charge is 0.477 e. The number of carboxylic acids is 1. The molecule has 2 rings (SSSR count). The summed E-state index contributed by atoms with van der Waals surface area (Å²) in [6.45, 7) is 0. The highest BCUT2D eigenvalue weighted by Crippen LogP contribution is 2.22. The number of nitrogens with two attached hydrogens (primary N) is 1. The van der Waals surface area contributed by atoms with Gasteiger partial charge in [0.05, 0.1) is 5.69 Å². The van der Waals surface area contributed by atoms with Gasteiger partial charge >= 0.3 is 11.7 Å². The molecule has 6 heteroatoms. The van der Waals surface area contributed by atoms with Crippen molar-refractivity contribution in [3.05, 3.63) is 46.4 Å². The van der Waals surface area contributed by atoms with Gasteiger partial charge in [0.25, 0.3) is 0 Å². The first kappa shape index (κ1) is 10.9. The van der Waals surface area contributed by atoms with Crippen molar-refractivity contribution in [3.63, 3.8) is 0 Å². The number of anilines is 1. The molecule has 0 saturated heterocycles. The number of carbonyl (C=O) groups is 1. The number of aromatic carboxylic acids is 1. The molecular formula is C11H9N3O3. The Labute approximate surface area is 95.7 Å². The Bertz CT molecular complexity index is 620. The van der Waals surface area contributed by atoms with E-state index in [0.29, 0.717) is 5.56 Å². The molecule has 2 aromatic rings. The Morgan fingerprint density at radius 2 is 1.94 bits per heavy atom. The van der Waals surface area contributed by atoms with Gasteiger partial charge < -0.3 is 15.8 Å². The molecule has 0 atom stereocenters. The molecule has 0 aliphatic carbocycles. The summed E-state index contributed by atoms with van der Waals surface area (Å²) >= 11 is 0. The van der Waals surface area contributed by atoms with E-state index in [0.717, 1.165) is 0 Å². The standard InChI is InChI=1S/C11H9N3O3/c12-9-7(10(15)16)8(13-11(17)14-9)6-4-2-1-3-5-6/h1-5H,(H,15,16)(H3,12,13,14,17). The highest BCUT2D eigenvalue weighted by atomic mass is 16.4. The minimum absolute atomic E-state index is 0.163. The lowest BCUT2D eigenvalue weighted by Gasteiger charge is -2.07. The van der Waals surface area contributed by atoms with Crippen molar-refractivity contribution in [2.45, 2.75) is 0 Å². The minimum Gasteiger partial charge on any atom is -0.477 e. The zero-order valence-corrected chi connectivity index (χ0v) is 8.68. The van der Waals surface area contributed by atoms with Crippen LogP contribution in [0.25, 0.3) is 11.3 Å². The molecular weight excluding hydrogens is 222 g/mol. The number of hydrogen-bond acceptors (Lipinski definition) is 4. The summed E-state index contributed by atoms with van der Waals surface area (Å²) in [6, 6.07) is 8.60. The van der Waals surface area contributed by atoms with E-state index in [1.165, 1.54) is 0 Å². The van der Waals surface area contributed by atoms with Crippen LogP contribution in [-0.2, 0) is 0 Å². The highest BCUT2D eigenvalue weighted by Gasteiger charge is 2.17. The lowest BCUT2D eigenvalue weighted by molar-refractivity contribution is 0.0698. The average molecular weight is 231 g/mol. The second kappa shape index (κ2) is 4.09. The summed E-state index contributed by atoms with van der Waals surface area (Å²) in [5, 5.41) is 9.06. The number of nitrogens with zero attached hydrogens (tertiary/aromatic N) is 1. The van der Waals surface area contributed by atoms with Gasteiger partial charge in [-0.2, -0.15) is 4.98 Å². The highest BCUT2D eigenvalue weighted by molar-refractivity contribution is 5.99. The molecule has 4 N–H and O–H groups in total. The maximum absolute atomic E-state index is 11.2. The van der Waals surface area contributed by atoms with E-state index in [1.807, 2.05) is 0 Å². The van der Waals surface area contributed by atoms with Gasteiger partial charge in [-0.1, -0.05) is 30.3 Å². The second-order valence-electron chi connectivity index (χ2n) is 3.35. The van der Waals surface area contributed by atoms with Gasteiger partial charge in [0.2, 0.25) is 0 Å². The maximum atomic E-state index is 11.2. The molecule has 1 aromatic carbocycles. The fourth-order valence-electron chi connectivity index (χ4n) is 1.53. The van der Waals surface area contributed by atoms with Crippen LogP contribution in [0.5, 0.6) is 0 Å². The van der Waals surface area contributed by atoms with E-state index in [4.69, 9.17) is 10.8 Å². The van der Waals surface area contributed by atoms with Crippen LogP contribution in [0.2, 0.25) is 0 Å². The predicted octanol–water partition coefficient (Wildman–Crippen LogP) is 0.717. The van der Waals surface area contributed by atoms with Crippen molar-refractivity contribution in [1.82, 2.24) is 9.97 Å². The summed E-state index contributed by atoms with van der Waals surface area (Å²) in [6.07, 6.45) is 0. The smallest absolute Gasteiger partial charge is 0.347 e. The zero-order chi connectivity index (χ0) is 12.4. The third-order valence-corrected chi connectivity index (χ3v) is 2.24. The van der Waals surface area contributed by atoms with E-state index < -0.39 is 11.7 Å². The molecule has 0 unspecified atom stereocenters. The van der Waals surface area contributed by atoms with Crippen molar-refractivity contribution in [2.75, 3.05) is 5.73 Å². The number of aromatic amines is 1. The third-order valence-electron chi connectivity index (χ3n) is 2.24. The monoisotopic (exact) mass is 231 g/mol. The molecule has 0 fully saturated rings. The second-order valence-corrected chi connectivity index (χ2v) is 3.35. The van der Waals surface area contributed by atoms with Crippen molar-refractivity contribution < 1.29 is 9.90 Å². The Balaban J connectivity index is 2.77. The van der Waals surface area contributed by atoms with Crippen LogP contribution in [0.15, 0.2) is 35.1 Å². The molecule has 1 heterocycles. The third kappa shape index (κ3) is 2.00. The molecule has 0 radical (unpaired) electrons. The molecule has 0 aliphatic heterocycles. The van der Waals surface area contributed by atoms with Crippen LogP contribution >= 0.6 is 0 Å². The Morgan fingerprint density at radius 1 is 1.29 bits per heavy atom. The normalized spacial score (nSPS) is 10.1. The predicted molar refractivity (Wildman–Crippen MR) is 61.7 cm³/mol. The van der Waals surface area contributed by atoms with E-state index in [9.17, 15) is 9.59 Å². The molecule has 17 heavy (non-hydrogen) atoms. The van der Waals surface area contributed by atoms with E-state index >= 15 is 0 Å². The maximum Gasteiger partial charge on any atom is 0.347 e. The first-order chi connectivity index (χ1) is 8.09. The molecule has 0 saturated carbocycles. The zero-order valence-electron chi connectivity index (χ0n) is 8.68. The number of nitrogens with one attached hydrogen (secondary N) is 1. The quantitative estimate of drug-likeness (QED) is 0.705. The molecule has 0 spiro atoms. The summed E-state index contributed by atoms with van der Waals surface area (Å²) in [5.41, 5.74) is 5.30. The van der Waals surface area contributed by atoms with Gasteiger partial charge in [-0.3, -0.25) is 0 Å².